The van der Waals surface area contributed by atoms with Crippen molar-refractivity contribution >= 4 is 21.8 Å². The molecule has 1 amide bonds. The second-order valence-electron chi connectivity index (χ2n) is 4.98. The molecule has 0 aliphatic heterocycles. The number of carbonyl (C=O) groups excluding carboxylic acids is 1. The highest BCUT2D eigenvalue weighted by Gasteiger charge is 2.26. The predicted molar refractivity (Wildman–Crippen MR) is 75.0 cm³/mol. The Balaban J connectivity index is 1.96. The van der Waals surface area contributed by atoms with Gasteiger partial charge >= 0.3 is 0 Å². The lowest BCUT2D eigenvalue weighted by molar-refractivity contribution is 0.0941. The number of hydrogen-bond acceptors (Lipinski definition) is 2. The first-order valence-electron chi connectivity index (χ1n) is 6.44. The molecular formula is C14H17BrFNO2. The Morgan fingerprint density at radius 2 is 2.16 bits per heavy atom. The molecule has 0 radical (unpaired) electrons. The standard InChI is InChI=1S/C14H17BrFNO2/c15-7-9-2-1-3-10(9)8-17-14(19)12-6-11(16)4-5-13(12)18/h4-6,9-10,18H,1-3,7-8H2,(H,17,19). The molecule has 19 heavy (non-hydrogen) atoms. The zero-order valence-electron chi connectivity index (χ0n) is 10.5. The molecule has 1 aliphatic carbocycles. The maximum Gasteiger partial charge on any atom is 0.255 e. The highest BCUT2D eigenvalue weighted by molar-refractivity contribution is 9.09. The van der Waals surface area contributed by atoms with Gasteiger partial charge in [0.05, 0.1) is 5.56 Å². The SMILES string of the molecule is O=C(NCC1CCCC1CBr)c1cc(F)ccc1O. The Morgan fingerprint density at radius 3 is 2.89 bits per heavy atom. The van der Waals surface area contributed by atoms with Gasteiger partial charge in [0.1, 0.15) is 11.6 Å². The van der Waals surface area contributed by atoms with Crippen LogP contribution in [0.1, 0.15) is 29.6 Å². The minimum Gasteiger partial charge on any atom is -0.507 e. The van der Waals surface area contributed by atoms with E-state index in [0.29, 0.717) is 18.4 Å². The Kier molecular flexibility index (Phi) is 4.80. The number of rotatable bonds is 4. The normalized spacial score (nSPS) is 22.4. The van der Waals surface area contributed by atoms with Gasteiger partial charge < -0.3 is 10.4 Å². The van der Waals surface area contributed by atoms with Crippen LogP contribution in [0.4, 0.5) is 4.39 Å². The lowest BCUT2D eigenvalue weighted by Gasteiger charge is -2.18. The summed E-state index contributed by atoms with van der Waals surface area (Å²) in [6.07, 6.45) is 3.46. The largest absolute Gasteiger partial charge is 0.507 e. The van der Waals surface area contributed by atoms with Crippen LogP contribution >= 0.6 is 15.9 Å². The molecule has 1 fully saturated rings. The Bertz CT molecular complexity index is 467. The average Bonchev–Trinajstić information content (AvgIpc) is 2.86. The smallest absolute Gasteiger partial charge is 0.255 e. The van der Waals surface area contributed by atoms with E-state index in [9.17, 15) is 14.3 Å². The molecule has 2 unspecified atom stereocenters. The monoisotopic (exact) mass is 329 g/mol. The maximum atomic E-state index is 13.1. The summed E-state index contributed by atoms with van der Waals surface area (Å²) in [6.45, 7) is 0.574. The van der Waals surface area contributed by atoms with E-state index in [1.165, 1.54) is 18.9 Å². The third-order valence-corrected chi connectivity index (χ3v) is 4.57. The first kappa shape index (κ1) is 14.3. The van der Waals surface area contributed by atoms with Crippen molar-refractivity contribution in [3.63, 3.8) is 0 Å². The number of hydrogen-bond donors (Lipinski definition) is 2. The summed E-state index contributed by atoms with van der Waals surface area (Å²) in [6, 6.07) is 3.38. The van der Waals surface area contributed by atoms with E-state index in [1.54, 1.807) is 0 Å². The van der Waals surface area contributed by atoms with Crippen molar-refractivity contribution in [1.82, 2.24) is 5.32 Å². The lowest BCUT2D eigenvalue weighted by Crippen LogP contribution is -2.31. The second kappa shape index (κ2) is 6.37. The van der Waals surface area contributed by atoms with Crippen LogP contribution in [0, 0.1) is 17.7 Å². The number of nitrogens with one attached hydrogen (secondary N) is 1. The number of aromatic hydroxyl groups is 1. The molecule has 1 aromatic carbocycles. The molecule has 2 N–H and O–H groups in total. The van der Waals surface area contributed by atoms with Gasteiger partial charge in [0.25, 0.3) is 5.91 Å². The summed E-state index contributed by atoms with van der Waals surface area (Å²) >= 11 is 3.49. The van der Waals surface area contributed by atoms with Crippen LogP contribution < -0.4 is 5.32 Å². The molecular weight excluding hydrogens is 313 g/mol. The minimum atomic E-state index is -0.526. The van der Waals surface area contributed by atoms with E-state index in [4.69, 9.17) is 0 Å². The summed E-state index contributed by atoms with van der Waals surface area (Å²) in [5, 5.41) is 13.3. The third kappa shape index (κ3) is 3.47. The molecule has 2 rings (SSSR count). The van der Waals surface area contributed by atoms with E-state index < -0.39 is 11.7 Å². The van der Waals surface area contributed by atoms with Gasteiger partial charge in [-0.15, -0.1) is 0 Å². The van der Waals surface area contributed by atoms with Gasteiger partial charge in [0.15, 0.2) is 0 Å². The zero-order valence-corrected chi connectivity index (χ0v) is 12.1. The maximum absolute atomic E-state index is 13.1. The van der Waals surface area contributed by atoms with E-state index in [1.807, 2.05) is 0 Å². The number of phenolic OH excluding ortho intramolecular Hbond substituents is 1. The molecule has 5 heteroatoms. The van der Waals surface area contributed by atoms with Gasteiger partial charge in [-0.2, -0.15) is 0 Å². The van der Waals surface area contributed by atoms with Crippen LogP contribution in [-0.4, -0.2) is 22.9 Å². The summed E-state index contributed by atoms with van der Waals surface area (Å²) in [4.78, 5) is 11.9. The molecule has 0 saturated heterocycles. The number of benzene rings is 1. The van der Waals surface area contributed by atoms with Gasteiger partial charge in [-0.1, -0.05) is 22.4 Å². The van der Waals surface area contributed by atoms with Crippen LogP contribution in [0.3, 0.4) is 0 Å². The van der Waals surface area contributed by atoms with Gasteiger partial charge in [0.2, 0.25) is 0 Å². The molecule has 2 atom stereocenters. The van der Waals surface area contributed by atoms with Crippen LogP contribution in [0.25, 0.3) is 0 Å². The molecule has 1 aliphatic rings. The summed E-state index contributed by atoms with van der Waals surface area (Å²) in [5.41, 5.74) is -0.00612. The first-order chi connectivity index (χ1) is 9.11. The van der Waals surface area contributed by atoms with Crippen molar-refractivity contribution in [1.29, 1.82) is 0 Å². The summed E-state index contributed by atoms with van der Waals surface area (Å²) < 4.78 is 13.1. The summed E-state index contributed by atoms with van der Waals surface area (Å²) in [5.74, 6) is -0.0952. The van der Waals surface area contributed by atoms with Crippen LogP contribution in [0.15, 0.2) is 18.2 Å². The van der Waals surface area contributed by atoms with E-state index >= 15 is 0 Å². The molecule has 0 bridgehead atoms. The Labute approximate surface area is 120 Å². The van der Waals surface area contributed by atoms with Crippen LogP contribution in [0.2, 0.25) is 0 Å². The highest BCUT2D eigenvalue weighted by Crippen LogP contribution is 2.32. The Hall–Kier alpha value is -1.10. The molecule has 0 heterocycles. The van der Waals surface area contributed by atoms with E-state index in [0.717, 1.165) is 23.9 Å². The number of amides is 1. The fourth-order valence-corrected chi connectivity index (χ4v) is 3.45. The topological polar surface area (TPSA) is 49.3 Å². The fraction of sp³-hybridized carbons (Fsp3) is 0.500. The quantitative estimate of drug-likeness (QED) is 0.834. The van der Waals surface area contributed by atoms with E-state index in [2.05, 4.69) is 21.2 Å². The van der Waals surface area contributed by atoms with Crippen LogP contribution in [0.5, 0.6) is 5.75 Å². The zero-order chi connectivity index (χ0) is 13.8. The molecule has 104 valence electrons. The minimum absolute atomic E-state index is 0.00612. The van der Waals surface area contributed by atoms with Crippen molar-refractivity contribution < 1.29 is 14.3 Å². The van der Waals surface area contributed by atoms with Gasteiger partial charge in [-0.05, 0) is 42.9 Å². The van der Waals surface area contributed by atoms with Gasteiger partial charge in [0, 0.05) is 11.9 Å². The molecule has 3 nitrogen and oxygen atoms in total. The van der Waals surface area contributed by atoms with Crippen molar-refractivity contribution in [3.8, 4) is 5.75 Å². The van der Waals surface area contributed by atoms with Crippen molar-refractivity contribution in [3.05, 3.63) is 29.6 Å². The predicted octanol–water partition coefficient (Wildman–Crippen LogP) is 3.07. The lowest BCUT2D eigenvalue weighted by atomic mass is 9.98. The van der Waals surface area contributed by atoms with Crippen molar-refractivity contribution in [2.75, 3.05) is 11.9 Å². The molecule has 1 aromatic rings. The Morgan fingerprint density at radius 1 is 1.42 bits per heavy atom. The summed E-state index contributed by atoms with van der Waals surface area (Å²) in [7, 11) is 0. The highest BCUT2D eigenvalue weighted by atomic mass is 79.9. The first-order valence-corrected chi connectivity index (χ1v) is 7.56. The number of halogens is 2. The molecule has 0 spiro atoms. The van der Waals surface area contributed by atoms with Crippen molar-refractivity contribution in [2.45, 2.75) is 19.3 Å². The van der Waals surface area contributed by atoms with Crippen LogP contribution in [-0.2, 0) is 0 Å². The third-order valence-electron chi connectivity index (χ3n) is 3.74. The fourth-order valence-electron chi connectivity index (χ4n) is 2.59. The molecule has 1 saturated carbocycles. The van der Waals surface area contributed by atoms with Crippen molar-refractivity contribution in [2.24, 2.45) is 11.8 Å². The van der Waals surface area contributed by atoms with E-state index in [-0.39, 0.29) is 11.3 Å². The second-order valence-corrected chi connectivity index (χ2v) is 5.62. The average molecular weight is 330 g/mol. The van der Waals surface area contributed by atoms with Gasteiger partial charge in [-0.3, -0.25) is 4.79 Å². The van der Waals surface area contributed by atoms with Gasteiger partial charge in [-0.25, -0.2) is 4.39 Å². The number of alkyl halides is 1. The number of carbonyl (C=O) groups is 1. The molecule has 0 aromatic heterocycles. The number of phenols is 1.